The maximum absolute atomic E-state index is 13.6. The number of halogens is 1. The fourth-order valence-corrected chi connectivity index (χ4v) is 5.44. The lowest BCUT2D eigenvalue weighted by Crippen LogP contribution is -2.30. The Morgan fingerprint density at radius 1 is 0.600 bits per heavy atom. The Morgan fingerprint density at radius 2 is 1.10 bits per heavy atom. The van der Waals surface area contributed by atoms with Crippen molar-refractivity contribution in [3.8, 4) is 0 Å². The second kappa shape index (κ2) is 6.79. The molecule has 0 nitrogen and oxygen atoms in total. The van der Waals surface area contributed by atoms with Crippen LogP contribution in [0.1, 0.15) is 84.0 Å². The molecule has 2 unspecified atom stereocenters. The van der Waals surface area contributed by atoms with E-state index in [9.17, 15) is 4.39 Å². The predicted octanol–water partition coefficient (Wildman–Crippen LogP) is 6.15. The maximum atomic E-state index is 13.6. The molecular weight excluding hydrogens is 247 g/mol. The van der Waals surface area contributed by atoms with Crippen LogP contribution < -0.4 is 0 Å². The van der Waals surface area contributed by atoms with Crippen molar-refractivity contribution in [1.82, 2.24) is 0 Å². The fraction of sp³-hybridized carbons (Fsp3) is 1.00. The summed E-state index contributed by atoms with van der Waals surface area (Å²) < 4.78 is 13.6. The molecule has 116 valence electrons. The number of hydrogen-bond donors (Lipinski definition) is 0. The minimum Gasteiger partial charge on any atom is -0.247 e. The molecule has 3 aliphatic rings. The van der Waals surface area contributed by atoms with Gasteiger partial charge in [-0.1, -0.05) is 26.2 Å². The van der Waals surface area contributed by atoms with Crippen LogP contribution in [-0.4, -0.2) is 6.17 Å². The highest BCUT2D eigenvalue weighted by atomic mass is 19.1. The van der Waals surface area contributed by atoms with Crippen molar-refractivity contribution < 1.29 is 4.39 Å². The summed E-state index contributed by atoms with van der Waals surface area (Å²) in [6.45, 7) is 2.42. The molecule has 0 heterocycles. The van der Waals surface area contributed by atoms with E-state index >= 15 is 0 Å². The van der Waals surface area contributed by atoms with Gasteiger partial charge in [0, 0.05) is 0 Å². The van der Waals surface area contributed by atoms with E-state index in [0.717, 1.165) is 48.9 Å². The number of hydrogen-bond acceptors (Lipinski definition) is 0. The van der Waals surface area contributed by atoms with Crippen molar-refractivity contribution in [3.05, 3.63) is 0 Å². The molecule has 0 radical (unpaired) electrons. The Kier molecular flexibility index (Phi) is 5.04. The van der Waals surface area contributed by atoms with Crippen LogP contribution in [0.4, 0.5) is 4.39 Å². The third-order valence-electron chi connectivity index (χ3n) is 6.86. The summed E-state index contributed by atoms with van der Waals surface area (Å²) >= 11 is 0. The second-order valence-corrected chi connectivity index (χ2v) is 8.22. The molecule has 0 aliphatic heterocycles. The summed E-state index contributed by atoms with van der Waals surface area (Å²) in [6.07, 6.45) is 15.4. The van der Waals surface area contributed by atoms with Gasteiger partial charge >= 0.3 is 0 Å². The third kappa shape index (κ3) is 3.57. The Labute approximate surface area is 124 Å². The lowest BCUT2D eigenvalue weighted by Gasteiger charge is -2.40. The zero-order valence-corrected chi connectivity index (χ0v) is 13.3. The Morgan fingerprint density at radius 3 is 1.65 bits per heavy atom. The van der Waals surface area contributed by atoms with Crippen LogP contribution in [0.2, 0.25) is 0 Å². The van der Waals surface area contributed by atoms with Gasteiger partial charge in [0.2, 0.25) is 0 Å². The van der Waals surface area contributed by atoms with E-state index in [2.05, 4.69) is 6.92 Å². The predicted molar refractivity (Wildman–Crippen MR) is 83.4 cm³/mol. The van der Waals surface area contributed by atoms with Crippen LogP contribution in [0, 0.1) is 29.6 Å². The molecule has 0 aromatic rings. The molecule has 3 rings (SSSR count). The standard InChI is InChI=1S/C19H33F/c1-14-5-7-15(8-6-14)16-9-11-17(12-10-16)18-3-2-4-19(20)13-18/h14-19H,2-13H2,1H3. The number of alkyl halides is 1. The second-order valence-electron chi connectivity index (χ2n) is 8.22. The van der Waals surface area contributed by atoms with E-state index in [-0.39, 0.29) is 0 Å². The van der Waals surface area contributed by atoms with Crippen LogP contribution in [-0.2, 0) is 0 Å². The van der Waals surface area contributed by atoms with Gasteiger partial charge in [-0.2, -0.15) is 0 Å². The molecule has 0 N–H and O–H groups in total. The summed E-state index contributed by atoms with van der Waals surface area (Å²) in [4.78, 5) is 0. The van der Waals surface area contributed by atoms with E-state index in [0.29, 0.717) is 0 Å². The van der Waals surface area contributed by atoms with Crippen LogP contribution in [0.5, 0.6) is 0 Å². The van der Waals surface area contributed by atoms with E-state index in [1.807, 2.05) is 0 Å². The zero-order chi connectivity index (χ0) is 13.9. The Hall–Kier alpha value is -0.0700. The van der Waals surface area contributed by atoms with Crippen LogP contribution in [0.3, 0.4) is 0 Å². The first-order chi connectivity index (χ1) is 9.72. The van der Waals surface area contributed by atoms with Crippen LogP contribution in [0.25, 0.3) is 0 Å². The molecular formula is C19H33F. The van der Waals surface area contributed by atoms with Crippen molar-refractivity contribution in [2.24, 2.45) is 29.6 Å². The molecule has 0 amide bonds. The summed E-state index contributed by atoms with van der Waals surface area (Å²) in [5, 5.41) is 0. The van der Waals surface area contributed by atoms with Crippen molar-refractivity contribution in [1.29, 1.82) is 0 Å². The zero-order valence-electron chi connectivity index (χ0n) is 13.3. The van der Waals surface area contributed by atoms with E-state index in [1.165, 1.54) is 57.8 Å². The minimum atomic E-state index is -0.480. The van der Waals surface area contributed by atoms with Gasteiger partial charge in [0.05, 0.1) is 0 Å². The number of rotatable bonds is 2. The van der Waals surface area contributed by atoms with Crippen LogP contribution in [0.15, 0.2) is 0 Å². The molecule has 0 aromatic carbocycles. The summed E-state index contributed by atoms with van der Waals surface area (Å²) in [5.74, 6) is 4.63. The quantitative estimate of drug-likeness (QED) is 0.569. The summed E-state index contributed by atoms with van der Waals surface area (Å²) in [5.41, 5.74) is 0. The molecule has 0 bridgehead atoms. The van der Waals surface area contributed by atoms with Gasteiger partial charge in [-0.25, -0.2) is 4.39 Å². The van der Waals surface area contributed by atoms with Crippen molar-refractivity contribution in [3.63, 3.8) is 0 Å². The first kappa shape index (κ1) is 14.9. The normalized spacial score (nSPS) is 47.1. The van der Waals surface area contributed by atoms with Crippen LogP contribution >= 0.6 is 0 Å². The Balaban J connectivity index is 1.44. The highest BCUT2D eigenvalue weighted by Crippen LogP contribution is 2.45. The summed E-state index contributed by atoms with van der Waals surface area (Å²) in [6, 6.07) is 0. The monoisotopic (exact) mass is 280 g/mol. The molecule has 20 heavy (non-hydrogen) atoms. The van der Waals surface area contributed by atoms with Crippen molar-refractivity contribution in [2.75, 3.05) is 0 Å². The van der Waals surface area contributed by atoms with Gasteiger partial charge in [0.1, 0.15) is 6.17 Å². The molecule has 0 saturated heterocycles. The van der Waals surface area contributed by atoms with Gasteiger partial charge in [-0.05, 0) is 87.4 Å². The molecule has 3 fully saturated rings. The third-order valence-corrected chi connectivity index (χ3v) is 6.86. The van der Waals surface area contributed by atoms with Crippen molar-refractivity contribution >= 4 is 0 Å². The Bertz CT molecular complexity index is 284. The lowest BCUT2D eigenvalue weighted by atomic mass is 9.66. The highest BCUT2D eigenvalue weighted by molar-refractivity contribution is 4.85. The first-order valence-corrected chi connectivity index (χ1v) is 9.36. The topological polar surface area (TPSA) is 0 Å². The van der Waals surface area contributed by atoms with Crippen molar-refractivity contribution in [2.45, 2.75) is 90.1 Å². The largest absolute Gasteiger partial charge is 0.247 e. The fourth-order valence-electron chi connectivity index (χ4n) is 5.44. The molecule has 2 atom stereocenters. The van der Waals surface area contributed by atoms with Gasteiger partial charge < -0.3 is 0 Å². The average Bonchev–Trinajstić information content (AvgIpc) is 2.48. The molecule has 0 spiro atoms. The smallest absolute Gasteiger partial charge is 0.100 e. The van der Waals surface area contributed by atoms with E-state index < -0.39 is 6.17 Å². The maximum Gasteiger partial charge on any atom is 0.100 e. The minimum absolute atomic E-state index is 0.480. The van der Waals surface area contributed by atoms with Gasteiger partial charge in [0.15, 0.2) is 0 Å². The molecule has 3 saturated carbocycles. The van der Waals surface area contributed by atoms with Gasteiger partial charge in [-0.3, -0.25) is 0 Å². The molecule has 3 aliphatic carbocycles. The van der Waals surface area contributed by atoms with Gasteiger partial charge in [-0.15, -0.1) is 0 Å². The average molecular weight is 280 g/mol. The molecule has 0 aromatic heterocycles. The highest BCUT2D eigenvalue weighted by Gasteiger charge is 2.34. The van der Waals surface area contributed by atoms with E-state index in [4.69, 9.17) is 0 Å². The molecule has 1 heteroatoms. The van der Waals surface area contributed by atoms with Gasteiger partial charge in [0.25, 0.3) is 0 Å². The summed E-state index contributed by atoms with van der Waals surface area (Å²) in [7, 11) is 0. The first-order valence-electron chi connectivity index (χ1n) is 9.36. The SMILES string of the molecule is CC1CCC(C2CCC(C3CCCC(F)C3)CC2)CC1. The van der Waals surface area contributed by atoms with E-state index in [1.54, 1.807) is 0 Å². The lowest BCUT2D eigenvalue weighted by molar-refractivity contribution is 0.0924.